The van der Waals surface area contributed by atoms with Crippen molar-refractivity contribution in [2.24, 2.45) is 11.8 Å². The monoisotopic (exact) mass is 193 g/mol. The fraction of sp³-hybridized carbons (Fsp3) is 0.727. The van der Waals surface area contributed by atoms with E-state index in [1.165, 1.54) is 19.3 Å². The molecule has 3 atom stereocenters. The molecule has 2 rings (SSSR count). The van der Waals surface area contributed by atoms with E-state index in [2.05, 4.69) is 18.9 Å². The summed E-state index contributed by atoms with van der Waals surface area (Å²) < 4.78 is 2.00. The fourth-order valence-corrected chi connectivity index (χ4v) is 2.44. The molecule has 1 heterocycles. The third-order valence-electron chi connectivity index (χ3n) is 3.43. The summed E-state index contributed by atoms with van der Waals surface area (Å²) in [5.41, 5.74) is 5.88. The molecule has 0 amide bonds. The molecule has 78 valence electrons. The fourth-order valence-electron chi connectivity index (χ4n) is 2.44. The first-order valence-corrected chi connectivity index (χ1v) is 5.47. The summed E-state index contributed by atoms with van der Waals surface area (Å²) >= 11 is 0. The molecule has 1 fully saturated rings. The van der Waals surface area contributed by atoms with Crippen molar-refractivity contribution in [1.82, 2.24) is 9.78 Å². The lowest BCUT2D eigenvalue weighted by Crippen LogP contribution is -2.26. The van der Waals surface area contributed by atoms with Crippen molar-refractivity contribution in [3.05, 3.63) is 12.3 Å². The van der Waals surface area contributed by atoms with Crippen molar-refractivity contribution in [2.45, 2.75) is 39.2 Å². The SMILES string of the molecule is CC1CCC(C)C(n2nccc2N)C1. The number of rotatable bonds is 1. The highest BCUT2D eigenvalue weighted by molar-refractivity contribution is 5.26. The van der Waals surface area contributed by atoms with Crippen LogP contribution in [0.2, 0.25) is 0 Å². The highest BCUT2D eigenvalue weighted by Crippen LogP contribution is 2.37. The number of hydrogen-bond donors (Lipinski definition) is 1. The molecule has 14 heavy (non-hydrogen) atoms. The van der Waals surface area contributed by atoms with Crippen molar-refractivity contribution < 1.29 is 0 Å². The van der Waals surface area contributed by atoms with Crippen LogP contribution in [0.5, 0.6) is 0 Å². The lowest BCUT2D eigenvalue weighted by Gasteiger charge is -2.33. The number of aromatic nitrogens is 2. The zero-order valence-electron chi connectivity index (χ0n) is 8.98. The van der Waals surface area contributed by atoms with Gasteiger partial charge in [0.15, 0.2) is 0 Å². The molecule has 0 aliphatic heterocycles. The molecular weight excluding hydrogens is 174 g/mol. The van der Waals surface area contributed by atoms with Gasteiger partial charge in [-0.15, -0.1) is 0 Å². The summed E-state index contributed by atoms with van der Waals surface area (Å²) in [4.78, 5) is 0. The summed E-state index contributed by atoms with van der Waals surface area (Å²) in [6.45, 7) is 4.62. The van der Waals surface area contributed by atoms with E-state index < -0.39 is 0 Å². The first-order chi connectivity index (χ1) is 6.68. The Labute approximate surface area is 85.3 Å². The lowest BCUT2D eigenvalue weighted by atomic mass is 9.80. The van der Waals surface area contributed by atoms with Gasteiger partial charge in [0.25, 0.3) is 0 Å². The van der Waals surface area contributed by atoms with Crippen LogP contribution in [0.15, 0.2) is 12.3 Å². The van der Waals surface area contributed by atoms with Crippen LogP contribution in [-0.2, 0) is 0 Å². The largest absolute Gasteiger partial charge is 0.384 e. The lowest BCUT2D eigenvalue weighted by molar-refractivity contribution is 0.196. The molecule has 0 bridgehead atoms. The first-order valence-electron chi connectivity index (χ1n) is 5.47. The Bertz CT molecular complexity index is 305. The van der Waals surface area contributed by atoms with Gasteiger partial charge in [-0.3, -0.25) is 0 Å². The van der Waals surface area contributed by atoms with Crippen molar-refractivity contribution in [1.29, 1.82) is 0 Å². The average molecular weight is 193 g/mol. The Kier molecular flexibility index (Phi) is 2.48. The number of anilines is 1. The van der Waals surface area contributed by atoms with Crippen molar-refractivity contribution in [3.8, 4) is 0 Å². The third-order valence-corrected chi connectivity index (χ3v) is 3.43. The molecule has 0 aromatic carbocycles. The Morgan fingerprint density at radius 2 is 2.21 bits per heavy atom. The molecular formula is C11H19N3. The summed E-state index contributed by atoms with van der Waals surface area (Å²) in [6.07, 6.45) is 5.65. The van der Waals surface area contributed by atoms with E-state index in [4.69, 9.17) is 5.73 Å². The maximum atomic E-state index is 5.88. The van der Waals surface area contributed by atoms with Crippen LogP contribution in [0.4, 0.5) is 5.82 Å². The second kappa shape index (κ2) is 3.64. The molecule has 1 saturated carbocycles. The Balaban J connectivity index is 2.20. The van der Waals surface area contributed by atoms with Gasteiger partial charge in [0.05, 0.1) is 12.2 Å². The van der Waals surface area contributed by atoms with Gasteiger partial charge < -0.3 is 5.73 Å². The van der Waals surface area contributed by atoms with Crippen molar-refractivity contribution in [3.63, 3.8) is 0 Å². The molecule has 1 aromatic rings. The van der Waals surface area contributed by atoms with Crippen molar-refractivity contribution in [2.75, 3.05) is 5.73 Å². The Morgan fingerprint density at radius 1 is 1.43 bits per heavy atom. The number of nitrogens with two attached hydrogens (primary N) is 1. The van der Waals surface area contributed by atoms with Gasteiger partial charge in [-0.25, -0.2) is 4.68 Å². The quantitative estimate of drug-likeness (QED) is 0.744. The van der Waals surface area contributed by atoms with Gasteiger partial charge in [0.1, 0.15) is 5.82 Å². The minimum Gasteiger partial charge on any atom is -0.384 e. The standard InChI is InChI=1S/C11H19N3/c1-8-3-4-9(2)10(7-8)14-11(12)5-6-13-14/h5-6,8-10H,3-4,7,12H2,1-2H3. The van der Waals surface area contributed by atoms with Gasteiger partial charge in [-0.05, 0) is 30.7 Å². The minimum absolute atomic E-state index is 0.508. The van der Waals surface area contributed by atoms with Gasteiger partial charge in [-0.1, -0.05) is 20.3 Å². The highest BCUT2D eigenvalue weighted by atomic mass is 15.3. The molecule has 3 heteroatoms. The second-order valence-corrected chi connectivity index (χ2v) is 4.66. The summed E-state index contributed by atoms with van der Waals surface area (Å²) in [5, 5.41) is 4.32. The van der Waals surface area contributed by atoms with Gasteiger partial charge in [0, 0.05) is 0 Å². The predicted octanol–water partition coefficient (Wildman–Crippen LogP) is 2.46. The maximum absolute atomic E-state index is 5.88. The summed E-state index contributed by atoms with van der Waals surface area (Å²) in [6, 6.07) is 2.39. The molecule has 0 spiro atoms. The predicted molar refractivity (Wildman–Crippen MR) is 57.9 cm³/mol. The van der Waals surface area contributed by atoms with E-state index in [0.717, 1.165) is 11.7 Å². The molecule has 3 unspecified atom stereocenters. The van der Waals surface area contributed by atoms with E-state index in [1.807, 2.05) is 10.7 Å². The maximum Gasteiger partial charge on any atom is 0.121 e. The van der Waals surface area contributed by atoms with Gasteiger partial charge in [0.2, 0.25) is 0 Å². The van der Waals surface area contributed by atoms with Crippen LogP contribution in [-0.4, -0.2) is 9.78 Å². The van der Waals surface area contributed by atoms with Crippen LogP contribution in [0, 0.1) is 11.8 Å². The summed E-state index contributed by atoms with van der Waals surface area (Å²) in [7, 11) is 0. The highest BCUT2D eigenvalue weighted by Gasteiger charge is 2.27. The molecule has 3 nitrogen and oxygen atoms in total. The molecule has 0 saturated heterocycles. The van der Waals surface area contributed by atoms with E-state index in [1.54, 1.807) is 6.20 Å². The van der Waals surface area contributed by atoms with Crippen molar-refractivity contribution >= 4 is 5.82 Å². The molecule has 1 aromatic heterocycles. The first kappa shape index (κ1) is 9.56. The third kappa shape index (κ3) is 1.63. The molecule has 1 aliphatic carbocycles. The van der Waals surface area contributed by atoms with Crippen LogP contribution < -0.4 is 5.73 Å². The Morgan fingerprint density at radius 3 is 2.86 bits per heavy atom. The molecule has 0 radical (unpaired) electrons. The van der Waals surface area contributed by atoms with E-state index in [0.29, 0.717) is 12.0 Å². The van der Waals surface area contributed by atoms with E-state index in [9.17, 15) is 0 Å². The van der Waals surface area contributed by atoms with Crippen LogP contribution >= 0.6 is 0 Å². The smallest absolute Gasteiger partial charge is 0.121 e. The van der Waals surface area contributed by atoms with Gasteiger partial charge in [-0.2, -0.15) is 5.10 Å². The van der Waals surface area contributed by atoms with E-state index >= 15 is 0 Å². The molecule has 2 N–H and O–H groups in total. The second-order valence-electron chi connectivity index (χ2n) is 4.66. The Hall–Kier alpha value is -0.990. The number of nitrogen functional groups attached to an aromatic ring is 1. The minimum atomic E-state index is 0.508. The zero-order chi connectivity index (χ0) is 10.1. The average Bonchev–Trinajstić information content (AvgIpc) is 2.56. The van der Waals surface area contributed by atoms with Crippen LogP contribution in [0.3, 0.4) is 0 Å². The number of hydrogen-bond acceptors (Lipinski definition) is 2. The topological polar surface area (TPSA) is 43.8 Å². The van der Waals surface area contributed by atoms with Gasteiger partial charge >= 0.3 is 0 Å². The normalized spacial score (nSPS) is 33.1. The van der Waals surface area contributed by atoms with Crippen LogP contribution in [0.1, 0.15) is 39.2 Å². The number of nitrogens with zero attached hydrogens (tertiary/aromatic N) is 2. The zero-order valence-corrected chi connectivity index (χ0v) is 8.98. The van der Waals surface area contributed by atoms with Crippen LogP contribution in [0.25, 0.3) is 0 Å². The van der Waals surface area contributed by atoms with E-state index in [-0.39, 0.29) is 0 Å². The molecule has 1 aliphatic rings. The summed E-state index contributed by atoms with van der Waals surface area (Å²) in [5.74, 6) is 2.31.